The van der Waals surface area contributed by atoms with Crippen LogP contribution in [0.25, 0.3) is 55.3 Å². The minimum absolute atomic E-state index is 0.406. The van der Waals surface area contributed by atoms with E-state index in [1.54, 1.807) is 0 Å². The Hall–Kier alpha value is -5.60. The number of aromatic nitrogens is 1. The van der Waals surface area contributed by atoms with Crippen LogP contribution in [0.5, 0.6) is 0 Å². The molecule has 4 aliphatic rings. The van der Waals surface area contributed by atoms with E-state index >= 15 is 0 Å². The molecule has 0 radical (unpaired) electrons. The van der Waals surface area contributed by atoms with E-state index in [1.165, 1.54) is 44.5 Å². The van der Waals surface area contributed by atoms with Crippen LogP contribution >= 0.6 is 0 Å². The highest BCUT2D eigenvalue weighted by Gasteiger charge is 2.53. The standard InChI is InChI=1S/C45H32BNO2/c48-46(49)40-22-6-1-2-7-23-42(40)47-41-27-24-30(29-14-4-3-5-15-29)28-35(41)33-25-26-39-43(44(33)47)34-18-10-13-21-38(34)45(39)36-19-11-8-16-31(36)32-17-9-12-20-37(32)45/h3-6,8-9,11-17,19-22,24-28,48-49H,1,10,18,23H2. The SMILES string of the molecule is OB(O)C1=C(n2c3ccc(-c4ccccc4)cc3c3ccc4c(c32)C2=C(C=CCC2)C42c3ccccc3-c3ccccc32)CC#CCC=C1. The molecule has 6 aromatic rings. The molecule has 232 valence electrons. The Morgan fingerprint density at radius 1 is 0.673 bits per heavy atom. The Bertz CT molecular complexity index is 2540. The van der Waals surface area contributed by atoms with Gasteiger partial charge in [-0.25, -0.2) is 0 Å². The minimum Gasteiger partial charge on any atom is -0.423 e. The Morgan fingerprint density at radius 3 is 2.20 bits per heavy atom. The van der Waals surface area contributed by atoms with Crippen LogP contribution < -0.4 is 0 Å². The Kier molecular flexibility index (Phi) is 6.21. The summed E-state index contributed by atoms with van der Waals surface area (Å²) in [6, 6.07) is 39.8. The van der Waals surface area contributed by atoms with Gasteiger partial charge in [0.25, 0.3) is 0 Å². The first-order valence-corrected chi connectivity index (χ1v) is 17.2. The normalized spacial score (nSPS) is 16.7. The Morgan fingerprint density at radius 2 is 1.43 bits per heavy atom. The van der Waals surface area contributed by atoms with Crippen LogP contribution in [0.4, 0.5) is 0 Å². The maximum absolute atomic E-state index is 10.8. The highest BCUT2D eigenvalue weighted by atomic mass is 16.4. The maximum Gasteiger partial charge on any atom is 0.490 e. The van der Waals surface area contributed by atoms with Crippen molar-refractivity contribution in [2.75, 3.05) is 0 Å². The van der Waals surface area contributed by atoms with Crippen molar-refractivity contribution in [1.29, 1.82) is 0 Å². The summed E-state index contributed by atoms with van der Waals surface area (Å²) < 4.78 is 2.31. The summed E-state index contributed by atoms with van der Waals surface area (Å²) in [5, 5.41) is 24.0. The summed E-state index contributed by atoms with van der Waals surface area (Å²) in [5.41, 5.74) is 15.8. The number of hydrogen-bond acceptors (Lipinski definition) is 2. The first kappa shape index (κ1) is 28.4. The van der Waals surface area contributed by atoms with Crippen molar-refractivity contribution in [2.45, 2.75) is 31.1 Å². The molecular weight excluding hydrogens is 597 g/mol. The second-order valence-electron chi connectivity index (χ2n) is 13.4. The molecule has 5 aromatic carbocycles. The zero-order valence-electron chi connectivity index (χ0n) is 26.9. The third-order valence-electron chi connectivity index (χ3n) is 11.0. The van der Waals surface area contributed by atoms with Gasteiger partial charge in [-0.05, 0) is 75.1 Å². The van der Waals surface area contributed by atoms with Gasteiger partial charge in [0.15, 0.2) is 0 Å². The third kappa shape index (κ3) is 3.83. The van der Waals surface area contributed by atoms with E-state index in [9.17, 15) is 10.0 Å². The first-order chi connectivity index (χ1) is 24.2. The van der Waals surface area contributed by atoms with E-state index < -0.39 is 12.5 Å². The number of allylic oxidation sites excluding steroid dienone is 8. The summed E-state index contributed by atoms with van der Waals surface area (Å²) >= 11 is 0. The lowest BCUT2D eigenvalue weighted by molar-refractivity contribution is 0.420. The van der Waals surface area contributed by atoms with Crippen LogP contribution in [-0.4, -0.2) is 21.7 Å². The predicted octanol–water partition coefficient (Wildman–Crippen LogP) is 9.47. The number of fused-ring (bicyclic) bond motifs is 13. The molecular formula is C45H32BNO2. The molecule has 1 aromatic heterocycles. The maximum atomic E-state index is 10.8. The molecule has 0 bridgehead atoms. The molecule has 1 heterocycles. The summed E-state index contributed by atoms with van der Waals surface area (Å²) in [6.45, 7) is 0. The van der Waals surface area contributed by atoms with Gasteiger partial charge >= 0.3 is 7.12 Å². The number of hydrogen-bond donors (Lipinski definition) is 2. The number of benzene rings is 5. The zero-order valence-corrected chi connectivity index (χ0v) is 26.9. The molecule has 0 aliphatic heterocycles. The van der Waals surface area contributed by atoms with Gasteiger partial charge in [0.1, 0.15) is 0 Å². The molecule has 1 spiro atoms. The fraction of sp³-hybridized carbons (Fsp3) is 0.111. The van der Waals surface area contributed by atoms with E-state index in [2.05, 4.69) is 132 Å². The second-order valence-corrected chi connectivity index (χ2v) is 13.4. The van der Waals surface area contributed by atoms with Crippen molar-refractivity contribution in [3.8, 4) is 34.1 Å². The molecule has 0 unspecified atom stereocenters. The monoisotopic (exact) mass is 629 g/mol. The predicted molar refractivity (Wildman–Crippen MR) is 201 cm³/mol. The topological polar surface area (TPSA) is 45.4 Å². The molecule has 49 heavy (non-hydrogen) atoms. The van der Waals surface area contributed by atoms with Gasteiger partial charge in [-0.2, -0.15) is 0 Å². The fourth-order valence-corrected chi connectivity index (χ4v) is 9.16. The molecule has 2 N–H and O–H groups in total. The van der Waals surface area contributed by atoms with Gasteiger partial charge < -0.3 is 14.6 Å². The van der Waals surface area contributed by atoms with Crippen molar-refractivity contribution in [1.82, 2.24) is 4.57 Å². The lowest BCUT2D eigenvalue weighted by Gasteiger charge is -2.32. The number of nitrogens with zero attached hydrogens (tertiary/aromatic N) is 1. The molecule has 0 fully saturated rings. The minimum atomic E-state index is -1.63. The smallest absolute Gasteiger partial charge is 0.423 e. The van der Waals surface area contributed by atoms with Crippen molar-refractivity contribution < 1.29 is 10.0 Å². The largest absolute Gasteiger partial charge is 0.490 e. The molecule has 4 aliphatic carbocycles. The van der Waals surface area contributed by atoms with Gasteiger partial charge in [-0.1, -0.05) is 133 Å². The van der Waals surface area contributed by atoms with E-state index in [0.717, 1.165) is 51.5 Å². The highest BCUT2D eigenvalue weighted by Crippen LogP contribution is 2.64. The summed E-state index contributed by atoms with van der Waals surface area (Å²) in [7, 11) is -1.63. The molecule has 0 saturated heterocycles. The quantitative estimate of drug-likeness (QED) is 0.151. The summed E-state index contributed by atoms with van der Waals surface area (Å²) in [6.07, 6.45) is 11.4. The summed E-state index contributed by atoms with van der Waals surface area (Å²) in [4.78, 5) is 0. The van der Waals surface area contributed by atoms with Gasteiger partial charge in [0, 0.05) is 40.3 Å². The van der Waals surface area contributed by atoms with Crippen LogP contribution in [-0.2, 0) is 5.41 Å². The third-order valence-corrected chi connectivity index (χ3v) is 11.0. The van der Waals surface area contributed by atoms with E-state index in [1.807, 2.05) is 18.2 Å². The van der Waals surface area contributed by atoms with Crippen molar-refractivity contribution >= 4 is 40.2 Å². The van der Waals surface area contributed by atoms with Crippen LogP contribution in [0.1, 0.15) is 47.9 Å². The van der Waals surface area contributed by atoms with Crippen LogP contribution in [0.2, 0.25) is 0 Å². The van der Waals surface area contributed by atoms with Gasteiger partial charge in [0.2, 0.25) is 0 Å². The molecule has 0 atom stereocenters. The van der Waals surface area contributed by atoms with Crippen molar-refractivity contribution in [3.05, 3.63) is 167 Å². The Balaban J connectivity index is 1.39. The average molecular weight is 630 g/mol. The lowest BCUT2D eigenvalue weighted by Crippen LogP contribution is -2.27. The van der Waals surface area contributed by atoms with Gasteiger partial charge in [0.05, 0.1) is 16.4 Å². The summed E-state index contributed by atoms with van der Waals surface area (Å²) in [5.74, 6) is 6.61. The Labute approximate surface area is 286 Å². The van der Waals surface area contributed by atoms with Crippen molar-refractivity contribution in [3.63, 3.8) is 0 Å². The second kappa shape index (κ2) is 10.7. The van der Waals surface area contributed by atoms with E-state index in [-0.39, 0.29) is 0 Å². The molecule has 3 nitrogen and oxygen atoms in total. The van der Waals surface area contributed by atoms with Crippen LogP contribution in [0.15, 0.2) is 145 Å². The zero-order chi connectivity index (χ0) is 32.7. The van der Waals surface area contributed by atoms with Gasteiger partial charge in [-0.3, -0.25) is 0 Å². The molecule has 10 rings (SSSR count). The fourth-order valence-electron chi connectivity index (χ4n) is 9.16. The first-order valence-electron chi connectivity index (χ1n) is 17.2. The van der Waals surface area contributed by atoms with E-state index in [0.29, 0.717) is 18.3 Å². The molecule has 4 heteroatoms. The lowest BCUT2D eigenvalue weighted by atomic mass is 9.69. The number of rotatable bonds is 3. The molecule has 0 saturated carbocycles. The van der Waals surface area contributed by atoms with E-state index in [4.69, 9.17) is 0 Å². The van der Waals surface area contributed by atoms with Gasteiger partial charge in [-0.15, -0.1) is 0 Å². The van der Waals surface area contributed by atoms with Crippen LogP contribution in [0.3, 0.4) is 0 Å². The highest BCUT2D eigenvalue weighted by molar-refractivity contribution is 6.53. The van der Waals surface area contributed by atoms with Crippen molar-refractivity contribution in [2.24, 2.45) is 0 Å². The molecule has 0 amide bonds. The average Bonchev–Trinajstić information content (AvgIpc) is 3.73. The van der Waals surface area contributed by atoms with Crippen LogP contribution in [0, 0.1) is 11.8 Å².